The van der Waals surface area contributed by atoms with E-state index in [1.54, 1.807) is 0 Å². The van der Waals surface area contributed by atoms with Crippen molar-refractivity contribution in [1.82, 2.24) is 9.55 Å². The van der Waals surface area contributed by atoms with Crippen molar-refractivity contribution in [3.8, 4) is 5.88 Å². The lowest BCUT2D eigenvalue weighted by Gasteiger charge is -2.20. The van der Waals surface area contributed by atoms with Crippen molar-refractivity contribution in [2.24, 2.45) is 5.10 Å². The van der Waals surface area contributed by atoms with Gasteiger partial charge in [-0.2, -0.15) is 0 Å². The van der Waals surface area contributed by atoms with Gasteiger partial charge in [-0.1, -0.05) is 16.8 Å². The standard InChI is InChI=1S/C18H26N4O3/c23-16-15(13-19-21-10-5-2-6-11-21)17(24)22(18(25)20-16)12-9-14-7-3-1-4-8-14/h7,13,24H,1-6,8-12H2,(H,20,23,25)/b19-13+. The Balaban J connectivity index is 1.78. The number of hydrogen-bond acceptors (Lipinski definition) is 4. The number of aromatic nitrogens is 2. The van der Waals surface area contributed by atoms with Crippen molar-refractivity contribution in [3.05, 3.63) is 38.1 Å². The van der Waals surface area contributed by atoms with Crippen LogP contribution in [-0.4, -0.2) is 28.9 Å². The number of quaternary nitrogens is 1. The Kier molecular flexibility index (Phi) is 5.86. The summed E-state index contributed by atoms with van der Waals surface area (Å²) in [6, 6.07) is 0. The molecule has 0 aromatic carbocycles. The molecule has 1 fully saturated rings. The summed E-state index contributed by atoms with van der Waals surface area (Å²) in [5, 5.41) is 17.9. The van der Waals surface area contributed by atoms with E-state index in [9.17, 15) is 14.7 Å². The molecular formula is C18H26N4O3. The van der Waals surface area contributed by atoms with Gasteiger partial charge in [0.1, 0.15) is 13.1 Å². The van der Waals surface area contributed by atoms with Gasteiger partial charge in [-0.3, -0.25) is 9.78 Å². The SMILES string of the molecule is O=c1[nH]c(=O)n(CCC2=CCCCC2)c([O-])c1/C=N/[NH+]1CCCCC1. The number of nitrogens with zero attached hydrogens (tertiary/aromatic N) is 2. The quantitative estimate of drug-likeness (QED) is 0.576. The van der Waals surface area contributed by atoms with Gasteiger partial charge < -0.3 is 9.67 Å². The second kappa shape index (κ2) is 8.29. The zero-order valence-electron chi connectivity index (χ0n) is 14.6. The first-order valence-corrected chi connectivity index (χ1v) is 9.26. The van der Waals surface area contributed by atoms with Gasteiger partial charge in [0.2, 0.25) is 0 Å². The normalized spacial score (nSPS) is 19.3. The van der Waals surface area contributed by atoms with E-state index in [1.807, 2.05) is 0 Å². The van der Waals surface area contributed by atoms with Crippen LogP contribution in [0, 0.1) is 0 Å². The highest BCUT2D eigenvalue weighted by Crippen LogP contribution is 2.20. The molecule has 2 N–H and O–H groups in total. The summed E-state index contributed by atoms with van der Waals surface area (Å²) in [5.74, 6) is -0.537. The predicted molar refractivity (Wildman–Crippen MR) is 94.1 cm³/mol. The van der Waals surface area contributed by atoms with Crippen molar-refractivity contribution >= 4 is 6.21 Å². The molecule has 7 heteroatoms. The highest BCUT2D eigenvalue weighted by Gasteiger charge is 2.13. The molecule has 0 radical (unpaired) electrons. The van der Waals surface area contributed by atoms with E-state index in [-0.39, 0.29) is 5.56 Å². The monoisotopic (exact) mass is 346 g/mol. The summed E-state index contributed by atoms with van der Waals surface area (Å²) in [6.45, 7) is 2.13. The van der Waals surface area contributed by atoms with Gasteiger partial charge in [-0.05, 0) is 57.2 Å². The van der Waals surface area contributed by atoms with Crippen LogP contribution in [0.4, 0.5) is 0 Å². The second-order valence-electron chi connectivity index (χ2n) is 6.87. The van der Waals surface area contributed by atoms with Crippen LogP contribution in [0.2, 0.25) is 0 Å². The number of hydrogen-bond donors (Lipinski definition) is 2. The van der Waals surface area contributed by atoms with E-state index < -0.39 is 17.1 Å². The van der Waals surface area contributed by atoms with E-state index in [2.05, 4.69) is 16.2 Å². The third-order valence-corrected chi connectivity index (χ3v) is 5.03. The lowest BCUT2D eigenvalue weighted by Crippen LogP contribution is -3.08. The molecule has 1 aromatic heterocycles. The number of allylic oxidation sites excluding steroid dienone is 2. The molecule has 0 unspecified atom stereocenters. The molecule has 0 amide bonds. The highest BCUT2D eigenvalue weighted by atomic mass is 16.3. The van der Waals surface area contributed by atoms with Crippen molar-refractivity contribution in [3.63, 3.8) is 0 Å². The molecule has 0 saturated carbocycles. The molecule has 25 heavy (non-hydrogen) atoms. The molecule has 0 atom stereocenters. The molecule has 1 aromatic rings. The van der Waals surface area contributed by atoms with Gasteiger partial charge in [-0.15, -0.1) is 0 Å². The molecule has 0 spiro atoms. The summed E-state index contributed by atoms with van der Waals surface area (Å²) < 4.78 is 1.13. The maximum absolute atomic E-state index is 12.6. The minimum absolute atomic E-state index is 0.0460. The Morgan fingerprint density at radius 2 is 2.00 bits per heavy atom. The van der Waals surface area contributed by atoms with E-state index in [1.165, 1.54) is 24.6 Å². The van der Waals surface area contributed by atoms with Gasteiger partial charge in [0.15, 0.2) is 0 Å². The van der Waals surface area contributed by atoms with Gasteiger partial charge in [0, 0.05) is 6.54 Å². The second-order valence-corrected chi connectivity index (χ2v) is 6.87. The maximum Gasteiger partial charge on any atom is 0.327 e. The fraction of sp³-hybridized carbons (Fsp3) is 0.611. The van der Waals surface area contributed by atoms with Crippen LogP contribution in [-0.2, 0) is 6.54 Å². The molecule has 136 valence electrons. The van der Waals surface area contributed by atoms with Crippen LogP contribution in [0.15, 0.2) is 26.3 Å². The van der Waals surface area contributed by atoms with Crippen molar-refractivity contribution in [2.45, 2.75) is 57.9 Å². The molecule has 1 saturated heterocycles. The van der Waals surface area contributed by atoms with Crippen molar-refractivity contribution < 1.29 is 10.1 Å². The van der Waals surface area contributed by atoms with Crippen molar-refractivity contribution in [1.29, 1.82) is 0 Å². The minimum Gasteiger partial charge on any atom is -0.859 e. The Morgan fingerprint density at radius 1 is 1.20 bits per heavy atom. The summed E-state index contributed by atoms with van der Waals surface area (Å²) in [6.07, 6.45) is 12.1. The molecule has 1 aliphatic carbocycles. The average Bonchev–Trinajstić information content (AvgIpc) is 2.63. The van der Waals surface area contributed by atoms with E-state index >= 15 is 0 Å². The van der Waals surface area contributed by atoms with Crippen LogP contribution >= 0.6 is 0 Å². The van der Waals surface area contributed by atoms with Gasteiger partial charge in [0.05, 0.1) is 11.8 Å². The molecule has 1 aliphatic heterocycles. The summed E-state index contributed by atoms with van der Waals surface area (Å²) >= 11 is 0. The molecule has 0 bridgehead atoms. The van der Waals surface area contributed by atoms with Crippen molar-refractivity contribution in [2.75, 3.05) is 13.1 Å². The largest absolute Gasteiger partial charge is 0.859 e. The lowest BCUT2D eigenvalue weighted by atomic mass is 9.97. The topological polar surface area (TPSA) is 94.7 Å². The lowest BCUT2D eigenvalue weighted by molar-refractivity contribution is -0.911. The Bertz CT molecular complexity index is 770. The molecule has 2 heterocycles. The average molecular weight is 346 g/mol. The predicted octanol–water partition coefficient (Wildman–Crippen LogP) is -0.0966. The van der Waals surface area contributed by atoms with Gasteiger partial charge >= 0.3 is 5.69 Å². The Morgan fingerprint density at radius 3 is 2.72 bits per heavy atom. The smallest absolute Gasteiger partial charge is 0.327 e. The first-order chi connectivity index (χ1) is 12.1. The molecule has 2 aliphatic rings. The minimum atomic E-state index is -0.650. The number of aromatic amines is 1. The third kappa shape index (κ3) is 4.48. The summed E-state index contributed by atoms with van der Waals surface area (Å²) in [4.78, 5) is 26.3. The van der Waals surface area contributed by atoms with Crippen LogP contribution in [0.5, 0.6) is 5.88 Å². The number of H-pyrrole nitrogens is 1. The fourth-order valence-corrected chi connectivity index (χ4v) is 3.52. The summed E-state index contributed by atoms with van der Waals surface area (Å²) in [7, 11) is 0. The molecule has 3 rings (SSSR count). The number of nitrogens with one attached hydrogen (secondary N) is 2. The molecular weight excluding hydrogens is 320 g/mol. The van der Waals surface area contributed by atoms with Crippen LogP contribution in [0.1, 0.15) is 56.9 Å². The maximum atomic E-state index is 12.6. The van der Waals surface area contributed by atoms with E-state index in [4.69, 9.17) is 0 Å². The zero-order valence-corrected chi connectivity index (χ0v) is 14.6. The Hall–Kier alpha value is -2.15. The number of piperidine rings is 1. The highest BCUT2D eigenvalue weighted by molar-refractivity contribution is 5.81. The summed E-state index contributed by atoms with van der Waals surface area (Å²) in [5.41, 5.74) is -0.0378. The third-order valence-electron chi connectivity index (χ3n) is 5.03. The van der Waals surface area contributed by atoms with Crippen LogP contribution < -0.4 is 21.4 Å². The fourth-order valence-electron chi connectivity index (χ4n) is 3.52. The van der Waals surface area contributed by atoms with Crippen LogP contribution in [0.25, 0.3) is 0 Å². The number of rotatable bonds is 5. The van der Waals surface area contributed by atoms with Crippen LogP contribution in [0.3, 0.4) is 0 Å². The van der Waals surface area contributed by atoms with E-state index in [0.29, 0.717) is 13.0 Å². The van der Waals surface area contributed by atoms with Gasteiger partial charge in [-0.25, -0.2) is 9.80 Å². The van der Waals surface area contributed by atoms with E-state index in [0.717, 1.165) is 54.8 Å². The van der Waals surface area contributed by atoms with Gasteiger partial charge in [0.25, 0.3) is 5.56 Å². The first-order valence-electron chi connectivity index (χ1n) is 9.26. The molecule has 7 nitrogen and oxygen atoms in total. The Labute approximate surface area is 146 Å². The first kappa shape index (κ1) is 17.7. The zero-order chi connectivity index (χ0) is 17.6.